The van der Waals surface area contributed by atoms with Crippen LogP contribution in [0.1, 0.15) is 24.9 Å². The Morgan fingerprint density at radius 3 is 3.17 bits per heavy atom. The number of rotatable bonds is 3. The monoisotopic (exact) mass is 287 g/mol. The fraction of sp³-hybridized carbons (Fsp3) is 0.462. The third kappa shape index (κ3) is 2.98. The second-order valence-electron chi connectivity index (χ2n) is 4.44. The van der Waals surface area contributed by atoms with Crippen LogP contribution in [0.3, 0.4) is 0 Å². The van der Waals surface area contributed by atoms with Gasteiger partial charge in [0.2, 0.25) is 5.91 Å². The first-order valence-electron chi connectivity index (χ1n) is 5.90. The van der Waals surface area contributed by atoms with E-state index < -0.39 is 0 Å². The molecule has 0 bridgehead atoms. The molecule has 5 heteroatoms. The summed E-state index contributed by atoms with van der Waals surface area (Å²) in [6.45, 7) is 1.78. The summed E-state index contributed by atoms with van der Waals surface area (Å²) >= 11 is 7.36. The first-order valence-corrected chi connectivity index (χ1v) is 7.42. The molecule has 0 aliphatic carbocycles. The van der Waals surface area contributed by atoms with E-state index in [4.69, 9.17) is 11.6 Å². The van der Waals surface area contributed by atoms with Crippen LogP contribution in [0.5, 0.6) is 0 Å². The van der Waals surface area contributed by atoms with Gasteiger partial charge < -0.3 is 5.32 Å². The summed E-state index contributed by atoms with van der Waals surface area (Å²) in [5.41, 5.74) is 0.876. The van der Waals surface area contributed by atoms with E-state index in [1.54, 1.807) is 24.8 Å². The van der Waals surface area contributed by atoms with Gasteiger partial charge in [-0.15, -0.1) is 23.4 Å². The zero-order valence-electron chi connectivity index (χ0n) is 10.1. The van der Waals surface area contributed by atoms with Crippen LogP contribution in [0.4, 0.5) is 4.39 Å². The number of carbonyl (C=O) groups excluding carboxylic acids is 1. The summed E-state index contributed by atoms with van der Waals surface area (Å²) in [5, 5.41) is 2.95. The molecule has 0 radical (unpaired) electrons. The lowest BCUT2D eigenvalue weighted by Gasteiger charge is -2.26. The number of hydrogen-bond donors (Lipinski definition) is 1. The summed E-state index contributed by atoms with van der Waals surface area (Å²) in [5.74, 6) is 0.665. The van der Waals surface area contributed by atoms with Gasteiger partial charge in [0.1, 0.15) is 5.82 Å². The highest BCUT2D eigenvalue weighted by Gasteiger charge is 2.24. The molecule has 1 amide bonds. The van der Waals surface area contributed by atoms with Crippen LogP contribution in [-0.2, 0) is 4.79 Å². The van der Waals surface area contributed by atoms with Gasteiger partial charge >= 0.3 is 0 Å². The highest BCUT2D eigenvalue weighted by atomic mass is 35.5. The van der Waals surface area contributed by atoms with Crippen molar-refractivity contribution >= 4 is 29.3 Å². The van der Waals surface area contributed by atoms with Crippen molar-refractivity contribution in [1.29, 1.82) is 0 Å². The maximum absolute atomic E-state index is 13.3. The molecule has 1 aromatic rings. The molecule has 0 fully saturated rings. The van der Waals surface area contributed by atoms with Crippen molar-refractivity contribution in [2.45, 2.75) is 24.3 Å². The van der Waals surface area contributed by atoms with Gasteiger partial charge in [-0.1, -0.05) is 6.92 Å². The molecule has 2 atom stereocenters. The van der Waals surface area contributed by atoms with E-state index >= 15 is 0 Å². The van der Waals surface area contributed by atoms with Gasteiger partial charge in [0, 0.05) is 22.4 Å². The van der Waals surface area contributed by atoms with Crippen molar-refractivity contribution < 1.29 is 9.18 Å². The Kier molecular flexibility index (Phi) is 4.51. The van der Waals surface area contributed by atoms with E-state index in [-0.39, 0.29) is 23.7 Å². The predicted molar refractivity (Wildman–Crippen MR) is 72.5 cm³/mol. The van der Waals surface area contributed by atoms with E-state index in [9.17, 15) is 9.18 Å². The second-order valence-corrected chi connectivity index (χ2v) is 5.88. The first kappa shape index (κ1) is 13.7. The minimum absolute atomic E-state index is 0.0721. The number of halogens is 2. The Balaban J connectivity index is 2.17. The maximum atomic E-state index is 13.3. The molecular formula is C13H15ClFNOS. The normalized spacial score (nSPS) is 20.1. The molecule has 0 saturated heterocycles. The summed E-state index contributed by atoms with van der Waals surface area (Å²) in [7, 11) is 0. The molecule has 1 N–H and O–H groups in total. The lowest BCUT2D eigenvalue weighted by atomic mass is 10.0. The highest BCUT2D eigenvalue weighted by Crippen LogP contribution is 2.36. The van der Waals surface area contributed by atoms with Crippen LogP contribution in [0.2, 0.25) is 0 Å². The van der Waals surface area contributed by atoms with E-state index in [1.165, 1.54) is 12.1 Å². The topological polar surface area (TPSA) is 29.1 Å². The molecule has 2 rings (SSSR count). The number of hydrogen-bond acceptors (Lipinski definition) is 2. The van der Waals surface area contributed by atoms with Gasteiger partial charge in [-0.3, -0.25) is 4.79 Å². The van der Waals surface area contributed by atoms with E-state index in [2.05, 4.69) is 5.32 Å². The maximum Gasteiger partial charge on any atom is 0.224 e. The first-order chi connectivity index (χ1) is 8.61. The fourth-order valence-corrected chi connectivity index (χ4v) is 3.15. The Morgan fingerprint density at radius 2 is 2.44 bits per heavy atom. The quantitative estimate of drug-likeness (QED) is 0.864. The summed E-state index contributed by atoms with van der Waals surface area (Å²) in [6.07, 6.45) is 0.821. The summed E-state index contributed by atoms with van der Waals surface area (Å²) < 4.78 is 13.3. The smallest absolute Gasteiger partial charge is 0.224 e. The fourth-order valence-electron chi connectivity index (χ4n) is 1.90. The van der Waals surface area contributed by atoms with Crippen LogP contribution in [-0.4, -0.2) is 17.5 Å². The van der Waals surface area contributed by atoms with Crippen LogP contribution in [0, 0.1) is 11.7 Å². The van der Waals surface area contributed by atoms with Crippen molar-refractivity contribution in [3.8, 4) is 0 Å². The molecule has 0 saturated carbocycles. The van der Waals surface area contributed by atoms with E-state index in [0.717, 1.165) is 22.6 Å². The Hall–Kier alpha value is -0.740. The van der Waals surface area contributed by atoms with Crippen molar-refractivity contribution in [3.63, 3.8) is 0 Å². The SMILES string of the molecule is CC(CCl)C(=O)NC1CCSc2ccc(F)cc21. The number of alkyl halides is 1. The standard InChI is InChI=1S/C13H15ClFNOS/c1-8(7-14)13(17)16-11-4-5-18-12-3-2-9(15)6-10(11)12/h2-3,6,8,11H,4-5,7H2,1H3,(H,16,17). The number of thioether (sulfide) groups is 1. The summed E-state index contributed by atoms with van der Waals surface area (Å²) in [6, 6.07) is 4.64. The van der Waals surface area contributed by atoms with Gasteiger partial charge in [-0.2, -0.15) is 0 Å². The highest BCUT2D eigenvalue weighted by molar-refractivity contribution is 7.99. The lowest BCUT2D eigenvalue weighted by molar-refractivity contribution is -0.124. The molecule has 18 heavy (non-hydrogen) atoms. The Labute approximate surface area is 115 Å². The molecular weight excluding hydrogens is 273 g/mol. The third-order valence-corrected chi connectivity index (χ3v) is 4.59. The molecule has 98 valence electrons. The van der Waals surface area contributed by atoms with Gasteiger partial charge in [-0.05, 0) is 30.2 Å². The van der Waals surface area contributed by atoms with Crippen LogP contribution in [0.15, 0.2) is 23.1 Å². The molecule has 1 aliphatic heterocycles. The summed E-state index contributed by atoms with van der Waals surface area (Å²) in [4.78, 5) is 12.9. The number of fused-ring (bicyclic) bond motifs is 1. The average Bonchev–Trinajstić information content (AvgIpc) is 2.38. The van der Waals surface area contributed by atoms with Gasteiger partial charge in [-0.25, -0.2) is 4.39 Å². The van der Waals surface area contributed by atoms with Crippen molar-refractivity contribution in [2.24, 2.45) is 5.92 Å². The zero-order chi connectivity index (χ0) is 13.1. The minimum Gasteiger partial charge on any atom is -0.349 e. The molecule has 2 unspecified atom stereocenters. The molecule has 1 aliphatic rings. The van der Waals surface area contributed by atoms with Crippen LogP contribution >= 0.6 is 23.4 Å². The Bertz CT molecular complexity index is 455. The lowest BCUT2D eigenvalue weighted by Crippen LogP contribution is -2.35. The Morgan fingerprint density at radius 1 is 1.67 bits per heavy atom. The van der Waals surface area contributed by atoms with E-state index in [0.29, 0.717) is 5.88 Å². The van der Waals surface area contributed by atoms with Crippen molar-refractivity contribution in [3.05, 3.63) is 29.6 Å². The number of amides is 1. The average molecular weight is 288 g/mol. The van der Waals surface area contributed by atoms with Crippen molar-refractivity contribution in [2.75, 3.05) is 11.6 Å². The molecule has 0 spiro atoms. The second kappa shape index (κ2) is 5.93. The predicted octanol–water partition coefficient (Wildman–Crippen LogP) is 3.35. The van der Waals surface area contributed by atoms with Crippen molar-refractivity contribution in [1.82, 2.24) is 5.32 Å². The van der Waals surface area contributed by atoms with E-state index in [1.807, 2.05) is 0 Å². The van der Waals surface area contributed by atoms with Gasteiger partial charge in [0.05, 0.1) is 6.04 Å². The third-order valence-electron chi connectivity index (χ3n) is 3.01. The number of carbonyl (C=O) groups is 1. The van der Waals surface area contributed by atoms with Crippen LogP contribution in [0.25, 0.3) is 0 Å². The van der Waals surface area contributed by atoms with Gasteiger partial charge in [0.25, 0.3) is 0 Å². The number of nitrogens with one attached hydrogen (secondary N) is 1. The molecule has 1 aromatic carbocycles. The largest absolute Gasteiger partial charge is 0.349 e. The van der Waals surface area contributed by atoms with Crippen LogP contribution < -0.4 is 5.32 Å². The molecule has 1 heterocycles. The molecule has 2 nitrogen and oxygen atoms in total. The number of benzene rings is 1. The van der Waals surface area contributed by atoms with Gasteiger partial charge in [0.15, 0.2) is 0 Å². The minimum atomic E-state index is -0.263. The zero-order valence-corrected chi connectivity index (χ0v) is 11.7. The molecule has 0 aromatic heterocycles.